The number of nitrogens with one attached hydrogen (secondary N) is 1. The fourth-order valence-corrected chi connectivity index (χ4v) is 2.01. The highest BCUT2D eigenvalue weighted by molar-refractivity contribution is 14.1. The highest BCUT2D eigenvalue weighted by Gasteiger charge is 2.12. The summed E-state index contributed by atoms with van der Waals surface area (Å²) in [7, 11) is 0. The van der Waals surface area contributed by atoms with Gasteiger partial charge in [-0.25, -0.2) is 4.98 Å². The molecule has 1 aromatic heterocycles. The maximum atomic E-state index is 11.7. The minimum absolute atomic E-state index is 0.103. The van der Waals surface area contributed by atoms with Crippen LogP contribution in [0, 0.1) is 9.85 Å². The molecule has 1 N–H and O–H groups in total. The van der Waals surface area contributed by atoms with Gasteiger partial charge in [-0.15, -0.1) is 0 Å². The van der Waals surface area contributed by atoms with Gasteiger partial charge in [-0.2, -0.15) is 0 Å². The van der Waals surface area contributed by atoms with Crippen LogP contribution in [-0.2, 0) is 16.0 Å². The summed E-state index contributed by atoms with van der Waals surface area (Å²) in [4.78, 5) is 18.9. The zero-order chi connectivity index (χ0) is 14.4. The number of esters is 1. The number of halogens is 2. The van der Waals surface area contributed by atoms with E-state index >= 15 is 0 Å². The molecule has 102 valence electrons. The highest BCUT2D eigenvalue weighted by Crippen LogP contribution is 2.25. The molecule has 0 aliphatic carbocycles. The minimum Gasteiger partial charge on any atom is -0.452 e. The molecule has 0 atom stereocenters. The predicted octanol–water partition coefficient (Wildman–Crippen LogP) is 3.21. The summed E-state index contributed by atoms with van der Waals surface area (Å²) in [5, 5.41) is 0.587. The van der Waals surface area contributed by atoms with Crippen molar-refractivity contribution in [2.75, 3.05) is 6.61 Å². The summed E-state index contributed by atoms with van der Waals surface area (Å²) in [5.74, 6) is 3.01. The number of H-pyrrole nitrogens is 1. The van der Waals surface area contributed by atoms with Crippen LogP contribution in [0.5, 0.6) is 0 Å². The third-order valence-corrected chi connectivity index (χ3v) is 3.15. The largest absolute Gasteiger partial charge is 0.452 e. The normalized spacial score (nSPS) is 9.70. The van der Waals surface area contributed by atoms with E-state index in [-0.39, 0.29) is 19.0 Å². The number of aromatic amines is 1. The van der Waals surface area contributed by atoms with Gasteiger partial charge in [0, 0.05) is 45.6 Å². The second-order valence-electron chi connectivity index (χ2n) is 3.85. The van der Waals surface area contributed by atoms with Gasteiger partial charge in [0.2, 0.25) is 0 Å². The van der Waals surface area contributed by atoms with Crippen molar-refractivity contribution in [1.82, 2.24) is 9.97 Å². The molecule has 0 amide bonds. The molecule has 6 heteroatoms. The highest BCUT2D eigenvalue weighted by atomic mass is 127. The molecule has 0 spiro atoms. The fourth-order valence-electron chi connectivity index (χ4n) is 1.69. The molecular weight excluding hydrogens is 391 g/mol. The Morgan fingerprint density at radius 1 is 1.50 bits per heavy atom. The van der Waals surface area contributed by atoms with Crippen LogP contribution < -0.4 is 0 Å². The molecule has 1 aromatic carbocycles. The minimum atomic E-state index is -0.334. The van der Waals surface area contributed by atoms with Gasteiger partial charge in [0.25, 0.3) is 0 Å². The van der Waals surface area contributed by atoms with Crippen molar-refractivity contribution in [3.05, 3.63) is 41.2 Å². The second kappa shape index (κ2) is 7.31. The number of nitrogens with zero attached hydrogens (tertiary/aromatic N) is 1. The summed E-state index contributed by atoms with van der Waals surface area (Å²) in [6, 6.07) is 5.31. The Labute approximate surface area is 135 Å². The zero-order valence-corrected chi connectivity index (χ0v) is 13.2. The molecule has 0 fully saturated rings. The first kappa shape index (κ1) is 14.9. The van der Waals surface area contributed by atoms with Crippen molar-refractivity contribution in [2.45, 2.75) is 6.42 Å². The first-order valence-corrected chi connectivity index (χ1v) is 7.18. The number of hydrogen-bond acceptors (Lipinski definition) is 3. The van der Waals surface area contributed by atoms with Gasteiger partial charge >= 0.3 is 5.97 Å². The number of ether oxygens (including phenoxy) is 1. The van der Waals surface area contributed by atoms with Crippen LogP contribution in [0.3, 0.4) is 0 Å². The van der Waals surface area contributed by atoms with Crippen molar-refractivity contribution in [3.8, 4) is 21.2 Å². The number of carbonyl (C=O) groups is 1. The van der Waals surface area contributed by atoms with Gasteiger partial charge in [0.1, 0.15) is 5.82 Å². The summed E-state index contributed by atoms with van der Waals surface area (Å²) < 4.78 is 7.65. The smallest absolute Gasteiger partial charge is 0.311 e. The fraction of sp³-hybridized carbons (Fsp3) is 0.143. The van der Waals surface area contributed by atoms with Gasteiger partial charge in [0.05, 0.1) is 6.42 Å². The Bertz CT molecular complexity index is 660. The average molecular weight is 401 g/mol. The van der Waals surface area contributed by atoms with Crippen molar-refractivity contribution in [3.63, 3.8) is 0 Å². The van der Waals surface area contributed by atoms with Gasteiger partial charge in [-0.1, -0.05) is 23.6 Å². The monoisotopic (exact) mass is 400 g/mol. The van der Waals surface area contributed by atoms with E-state index in [9.17, 15) is 4.79 Å². The van der Waals surface area contributed by atoms with Crippen molar-refractivity contribution in [2.24, 2.45) is 0 Å². The molecule has 0 bridgehead atoms. The first-order valence-electron chi connectivity index (χ1n) is 5.73. The molecule has 0 radical (unpaired) electrons. The standard InChI is InChI=1S/C14H10ClIN2O2/c15-11-3-2-10(8-13(19)20-7-1-4-16)12(9-11)14-17-5-6-18-14/h2-3,5-6,9H,7-8H2,(H,17,18). The topological polar surface area (TPSA) is 55.0 Å². The first-order chi connectivity index (χ1) is 9.70. The third kappa shape index (κ3) is 3.99. The van der Waals surface area contributed by atoms with Gasteiger partial charge in [0.15, 0.2) is 6.61 Å². The summed E-state index contributed by atoms with van der Waals surface area (Å²) in [5.41, 5.74) is 1.59. The number of carbonyl (C=O) groups excluding carboxylic acids is 1. The van der Waals surface area contributed by atoms with Gasteiger partial charge in [-0.3, -0.25) is 4.79 Å². The average Bonchev–Trinajstić information content (AvgIpc) is 2.95. The van der Waals surface area contributed by atoms with E-state index in [1.807, 2.05) is 22.6 Å². The number of imidazole rings is 1. The van der Waals surface area contributed by atoms with E-state index in [0.29, 0.717) is 10.8 Å². The van der Waals surface area contributed by atoms with E-state index in [2.05, 4.69) is 19.8 Å². The van der Waals surface area contributed by atoms with Crippen LogP contribution in [0.1, 0.15) is 5.56 Å². The van der Waals surface area contributed by atoms with Crippen LogP contribution in [-0.4, -0.2) is 22.5 Å². The summed E-state index contributed by atoms with van der Waals surface area (Å²) >= 11 is 7.89. The van der Waals surface area contributed by atoms with Gasteiger partial charge < -0.3 is 9.72 Å². The van der Waals surface area contributed by atoms with Crippen LogP contribution in [0.4, 0.5) is 0 Å². The third-order valence-electron chi connectivity index (χ3n) is 2.53. The van der Waals surface area contributed by atoms with E-state index in [1.54, 1.807) is 30.6 Å². The van der Waals surface area contributed by atoms with Crippen molar-refractivity contribution in [1.29, 1.82) is 0 Å². The molecular formula is C14H10ClIN2O2. The van der Waals surface area contributed by atoms with Crippen molar-refractivity contribution < 1.29 is 9.53 Å². The van der Waals surface area contributed by atoms with Crippen molar-refractivity contribution >= 4 is 40.2 Å². The van der Waals surface area contributed by atoms with E-state index in [1.165, 1.54) is 0 Å². The molecule has 1 heterocycles. The predicted molar refractivity (Wildman–Crippen MR) is 85.5 cm³/mol. The lowest BCUT2D eigenvalue weighted by Gasteiger charge is -2.07. The van der Waals surface area contributed by atoms with Crippen LogP contribution in [0.15, 0.2) is 30.6 Å². The lowest BCUT2D eigenvalue weighted by atomic mass is 10.0. The molecule has 0 saturated heterocycles. The molecule has 2 rings (SSSR count). The number of aromatic nitrogens is 2. The van der Waals surface area contributed by atoms with E-state index in [4.69, 9.17) is 16.3 Å². The number of rotatable bonds is 4. The van der Waals surface area contributed by atoms with E-state index in [0.717, 1.165) is 11.1 Å². The molecule has 20 heavy (non-hydrogen) atoms. The Morgan fingerprint density at radius 2 is 2.35 bits per heavy atom. The van der Waals surface area contributed by atoms with Crippen LogP contribution in [0.25, 0.3) is 11.4 Å². The lowest BCUT2D eigenvalue weighted by molar-refractivity contribution is -0.141. The molecule has 0 aliphatic heterocycles. The molecule has 2 aromatic rings. The van der Waals surface area contributed by atoms with Crippen LogP contribution >= 0.6 is 34.2 Å². The molecule has 0 unspecified atom stereocenters. The molecule has 0 aliphatic rings. The zero-order valence-electron chi connectivity index (χ0n) is 10.3. The Hall–Kier alpha value is -1.52. The maximum absolute atomic E-state index is 11.7. The Kier molecular flexibility index (Phi) is 5.44. The summed E-state index contributed by atoms with van der Waals surface area (Å²) in [6.45, 7) is 0.103. The lowest BCUT2D eigenvalue weighted by Crippen LogP contribution is -2.09. The SMILES string of the molecule is O=C(Cc1ccc(Cl)cc1-c1ncc[nH]1)OCC#CI. The number of hydrogen-bond donors (Lipinski definition) is 1. The second-order valence-corrected chi connectivity index (χ2v) is 4.82. The van der Waals surface area contributed by atoms with E-state index < -0.39 is 0 Å². The maximum Gasteiger partial charge on any atom is 0.311 e. The Balaban J connectivity index is 2.19. The van der Waals surface area contributed by atoms with Crippen LogP contribution in [0.2, 0.25) is 5.02 Å². The molecule has 4 nitrogen and oxygen atoms in total. The molecule has 0 saturated carbocycles. The quantitative estimate of drug-likeness (QED) is 0.487. The number of benzene rings is 1. The van der Waals surface area contributed by atoms with Gasteiger partial charge in [-0.05, 0) is 21.6 Å². The summed E-state index contributed by atoms with van der Waals surface area (Å²) in [6.07, 6.45) is 3.51. The Morgan fingerprint density at radius 3 is 3.05 bits per heavy atom.